The van der Waals surface area contributed by atoms with E-state index in [-0.39, 0.29) is 5.92 Å². The third-order valence-corrected chi connectivity index (χ3v) is 14.9. The minimum atomic E-state index is -0.485. The molecule has 0 amide bonds. The summed E-state index contributed by atoms with van der Waals surface area (Å²) in [4.78, 5) is 0. The molecule has 2 aliphatic carbocycles. The van der Waals surface area contributed by atoms with E-state index in [4.69, 9.17) is 0 Å². The molecule has 2 aliphatic rings. The minimum absolute atomic E-state index is 0.0761. The van der Waals surface area contributed by atoms with Crippen molar-refractivity contribution in [2.75, 3.05) is 0 Å². The van der Waals surface area contributed by atoms with Crippen LogP contribution in [0.3, 0.4) is 0 Å². The number of hydrogen-bond acceptors (Lipinski definition) is 0. The molecule has 0 spiro atoms. The van der Waals surface area contributed by atoms with Gasteiger partial charge < -0.3 is 4.57 Å². The molecule has 1 atom stereocenters. The largest absolute Gasteiger partial charge is 0.309 e. The van der Waals surface area contributed by atoms with E-state index in [2.05, 4.69) is 259 Å². The fourth-order valence-electron chi connectivity index (χ4n) is 12.0. The Hall–Kier alpha value is -8.52. The molecule has 1 unspecified atom stereocenters. The molecule has 12 aromatic rings. The first kappa shape index (κ1) is 37.8. The van der Waals surface area contributed by atoms with Gasteiger partial charge in [-0.3, -0.25) is 0 Å². The van der Waals surface area contributed by atoms with Gasteiger partial charge in [0, 0.05) is 22.4 Å². The molecular weight excluding hydrogens is 807 g/mol. The van der Waals surface area contributed by atoms with Crippen LogP contribution in [0.4, 0.5) is 0 Å². The molecule has 1 heterocycles. The normalized spacial score (nSPS) is 14.2. The molecule has 0 aliphatic heterocycles. The molecule has 0 saturated carbocycles. The van der Waals surface area contributed by atoms with Gasteiger partial charge in [0.1, 0.15) is 0 Å². The number of para-hydroxylation sites is 1. The van der Waals surface area contributed by atoms with Crippen molar-refractivity contribution < 1.29 is 0 Å². The summed E-state index contributed by atoms with van der Waals surface area (Å²) in [5, 5.41) is 5.00. The second-order valence-corrected chi connectivity index (χ2v) is 18.4. The molecule has 0 radical (unpaired) electrons. The second-order valence-electron chi connectivity index (χ2n) is 18.4. The summed E-state index contributed by atoms with van der Waals surface area (Å²) >= 11 is 0. The lowest BCUT2D eigenvalue weighted by Crippen LogP contribution is -2.28. The van der Waals surface area contributed by atoms with Crippen molar-refractivity contribution in [1.29, 1.82) is 0 Å². The maximum atomic E-state index is 2.58. The molecule has 1 heteroatoms. The maximum Gasteiger partial charge on any atom is 0.0713 e. The van der Waals surface area contributed by atoms with Gasteiger partial charge in [0.15, 0.2) is 0 Å². The van der Waals surface area contributed by atoms with Crippen LogP contribution in [0, 0.1) is 0 Å². The van der Waals surface area contributed by atoms with Gasteiger partial charge in [-0.1, -0.05) is 206 Å². The molecule has 0 bridgehead atoms. The van der Waals surface area contributed by atoms with Crippen LogP contribution >= 0.6 is 0 Å². The van der Waals surface area contributed by atoms with Gasteiger partial charge in [0.25, 0.3) is 0 Å². The summed E-state index contributed by atoms with van der Waals surface area (Å²) in [6, 6.07) is 95.3. The monoisotopic (exact) mass is 849 g/mol. The zero-order chi connectivity index (χ0) is 44.1. The summed E-state index contributed by atoms with van der Waals surface area (Å²) in [7, 11) is 0. The van der Waals surface area contributed by atoms with Crippen LogP contribution in [-0.4, -0.2) is 4.57 Å². The first-order valence-corrected chi connectivity index (χ1v) is 23.4. The molecule has 0 N–H and O–H groups in total. The maximum absolute atomic E-state index is 2.58. The Bertz CT molecular complexity index is 3860. The lowest BCUT2D eigenvalue weighted by molar-refractivity contribution is 0.768. The van der Waals surface area contributed by atoms with Crippen molar-refractivity contribution in [2.24, 2.45) is 0 Å². The number of fused-ring (bicyclic) bond motifs is 10. The molecule has 1 nitrogen and oxygen atoms in total. The number of rotatable bonds is 6. The summed E-state index contributed by atoms with van der Waals surface area (Å²) in [6.45, 7) is 0. The number of nitrogens with zero attached hydrogens (tertiary/aromatic N) is 1. The zero-order valence-electron chi connectivity index (χ0n) is 36.8. The van der Waals surface area contributed by atoms with Crippen LogP contribution in [0.2, 0.25) is 0 Å². The number of hydrogen-bond donors (Lipinski definition) is 0. The third kappa shape index (κ3) is 5.62. The van der Waals surface area contributed by atoms with E-state index in [1.165, 1.54) is 122 Å². The first-order valence-electron chi connectivity index (χ1n) is 23.4. The quantitative estimate of drug-likeness (QED) is 0.157. The summed E-state index contributed by atoms with van der Waals surface area (Å²) in [5.41, 5.74) is 22.5. The van der Waals surface area contributed by atoms with Gasteiger partial charge in [-0.05, 0) is 143 Å². The SMILES string of the molecule is c1ccc(-c2ccc(C3c4ccc(-c5ccc6c(c5)c5ccccc5n6-c5ccc6ccccc6c5)cc4-c4cc5c(cc43)-c3ccccc3C5(c3ccccc3)c3ccccc3)cc2)cc1. The Kier molecular flexibility index (Phi) is 8.33. The van der Waals surface area contributed by atoms with E-state index in [9.17, 15) is 0 Å². The van der Waals surface area contributed by atoms with Crippen LogP contribution in [0.1, 0.15) is 44.9 Å². The van der Waals surface area contributed by atoms with Crippen LogP contribution in [-0.2, 0) is 5.41 Å². The Labute approximate surface area is 390 Å². The Morgan fingerprint density at radius 3 is 1.70 bits per heavy atom. The van der Waals surface area contributed by atoms with E-state index >= 15 is 0 Å². The smallest absolute Gasteiger partial charge is 0.0713 e. The average Bonchev–Trinajstić information content (AvgIpc) is 4.02. The molecule has 0 fully saturated rings. The predicted octanol–water partition coefficient (Wildman–Crippen LogP) is 16.8. The molecular formula is C66H43N. The summed E-state index contributed by atoms with van der Waals surface area (Å²) in [5.74, 6) is 0.0761. The van der Waals surface area contributed by atoms with Gasteiger partial charge in [-0.15, -0.1) is 0 Å². The van der Waals surface area contributed by atoms with E-state index in [1.54, 1.807) is 0 Å². The van der Waals surface area contributed by atoms with Gasteiger partial charge in [-0.25, -0.2) is 0 Å². The van der Waals surface area contributed by atoms with Crippen molar-refractivity contribution in [1.82, 2.24) is 4.57 Å². The number of benzene rings is 11. The highest BCUT2D eigenvalue weighted by Gasteiger charge is 2.47. The van der Waals surface area contributed by atoms with E-state index in [0.29, 0.717) is 0 Å². The standard InChI is InChI=1S/C66H43N/c1-4-16-43(17-5-1)45-28-30-46(31-29-45)65-55-36-33-48(49-34-37-64-59(40-49)54-25-13-15-27-63(54)67(64)52-35-32-44-18-10-11-19-47(44)38-52)39-56(55)57-42-62-58(41-60(57)65)53-24-12-14-26-61(53)66(62,50-20-6-2-7-21-50)51-22-8-3-9-23-51/h1-42,65H. The molecule has 312 valence electrons. The van der Waals surface area contributed by atoms with Gasteiger partial charge in [-0.2, -0.15) is 0 Å². The topological polar surface area (TPSA) is 4.93 Å². The second kappa shape index (κ2) is 14.8. The summed E-state index contributed by atoms with van der Waals surface area (Å²) < 4.78 is 2.43. The van der Waals surface area contributed by atoms with Crippen molar-refractivity contribution in [3.8, 4) is 50.2 Å². The van der Waals surface area contributed by atoms with E-state index < -0.39 is 5.41 Å². The van der Waals surface area contributed by atoms with Crippen molar-refractivity contribution in [3.63, 3.8) is 0 Å². The van der Waals surface area contributed by atoms with Crippen LogP contribution in [0.25, 0.3) is 82.8 Å². The lowest BCUT2D eigenvalue weighted by atomic mass is 9.67. The van der Waals surface area contributed by atoms with Crippen LogP contribution < -0.4 is 0 Å². The first-order chi connectivity index (χ1) is 33.2. The predicted molar refractivity (Wildman–Crippen MR) is 279 cm³/mol. The fourth-order valence-corrected chi connectivity index (χ4v) is 12.0. The Morgan fingerprint density at radius 2 is 0.910 bits per heavy atom. The molecule has 1 aromatic heterocycles. The highest BCUT2D eigenvalue weighted by Crippen LogP contribution is 2.60. The van der Waals surface area contributed by atoms with Crippen molar-refractivity contribution >= 4 is 32.6 Å². The molecule has 0 saturated heterocycles. The van der Waals surface area contributed by atoms with E-state index in [1.807, 2.05) is 0 Å². The fraction of sp³-hybridized carbons (Fsp3) is 0.0303. The molecule has 67 heavy (non-hydrogen) atoms. The van der Waals surface area contributed by atoms with Crippen molar-refractivity contribution in [3.05, 3.63) is 294 Å². The average molecular weight is 850 g/mol. The lowest BCUT2D eigenvalue weighted by Gasteiger charge is -2.34. The third-order valence-electron chi connectivity index (χ3n) is 14.9. The van der Waals surface area contributed by atoms with Gasteiger partial charge in [0.05, 0.1) is 16.4 Å². The van der Waals surface area contributed by atoms with Gasteiger partial charge in [0.2, 0.25) is 0 Å². The highest BCUT2D eigenvalue weighted by atomic mass is 15.0. The highest BCUT2D eigenvalue weighted by molar-refractivity contribution is 6.11. The van der Waals surface area contributed by atoms with Gasteiger partial charge >= 0.3 is 0 Å². The minimum Gasteiger partial charge on any atom is -0.309 e. The van der Waals surface area contributed by atoms with Crippen molar-refractivity contribution in [2.45, 2.75) is 11.3 Å². The molecule has 14 rings (SSSR count). The zero-order valence-corrected chi connectivity index (χ0v) is 36.8. The Morgan fingerprint density at radius 1 is 0.313 bits per heavy atom. The molecule has 11 aromatic carbocycles. The van der Waals surface area contributed by atoms with Crippen LogP contribution in [0.15, 0.2) is 255 Å². The van der Waals surface area contributed by atoms with E-state index in [0.717, 1.165) is 0 Å². The Balaban J connectivity index is 0.983. The number of aromatic nitrogens is 1. The summed E-state index contributed by atoms with van der Waals surface area (Å²) in [6.07, 6.45) is 0. The van der Waals surface area contributed by atoms with Crippen LogP contribution in [0.5, 0.6) is 0 Å².